The van der Waals surface area contributed by atoms with Crippen LogP contribution in [0, 0.1) is 0 Å². The van der Waals surface area contributed by atoms with Crippen molar-refractivity contribution < 1.29 is 14.3 Å². The molecule has 0 bridgehead atoms. The SMILES string of the molecule is COc1cc(OC)nc(NC(=O)c2cc(Br)cnc2Cl)n1. The first kappa shape index (κ1) is 15.5. The van der Waals surface area contributed by atoms with Crippen LogP contribution in [0.2, 0.25) is 5.15 Å². The maximum atomic E-state index is 12.2. The third kappa shape index (κ3) is 3.79. The van der Waals surface area contributed by atoms with Gasteiger partial charge in [-0.05, 0) is 22.0 Å². The van der Waals surface area contributed by atoms with Gasteiger partial charge in [0.05, 0.1) is 25.8 Å². The maximum absolute atomic E-state index is 12.2. The van der Waals surface area contributed by atoms with E-state index < -0.39 is 5.91 Å². The van der Waals surface area contributed by atoms with Gasteiger partial charge in [0.25, 0.3) is 5.91 Å². The molecule has 2 heterocycles. The van der Waals surface area contributed by atoms with Crippen LogP contribution in [-0.2, 0) is 0 Å². The van der Waals surface area contributed by atoms with E-state index in [1.807, 2.05) is 0 Å². The number of nitrogens with zero attached hydrogens (tertiary/aromatic N) is 3. The Kier molecular flexibility index (Phi) is 4.92. The molecule has 1 amide bonds. The van der Waals surface area contributed by atoms with E-state index in [2.05, 4.69) is 36.2 Å². The molecule has 0 unspecified atom stereocenters. The van der Waals surface area contributed by atoms with Gasteiger partial charge in [0.2, 0.25) is 17.7 Å². The van der Waals surface area contributed by atoms with Gasteiger partial charge in [-0.1, -0.05) is 11.6 Å². The lowest BCUT2D eigenvalue weighted by molar-refractivity contribution is 0.102. The van der Waals surface area contributed by atoms with Crippen LogP contribution in [-0.4, -0.2) is 35.1 Å². The zero-order chi connectivity index (χ0) is 15.4. The normalized spacial score (nSPS) is 10.1. The molecule has 0 aromatic carbocycles. The molecule has 0 spiro atoms. The standard InChI is InChI=1S/C12H10BrClN4O3/c1-20-8-4-9(21-2)17-12(16-8)18-11(19)7-3-6(13)5-15-10(7)14/h3-5H,1-2H3,(H,16,17,18,19). The van der Waals surface area contributed by atoms with Crippen LogP contribution in [0.5, 0.6) is 11.8 Å². The Hall–Kier alpha value is -1.93. The molecular weight excluding hydrogens is 364 g/mol. The second kappa shape index (κ2) is 6.68. The molecule has 110 valence electrons. The largest absolute Gasteiger partial charge is 0.481 e. The minimum absolute atomic E-state index is 0.0345. The predicted molar refractivity (Wildman–Crippen MR) is 80.0 cm³/mol. The zero-order valence-electron chi connectivity index (χ0n) is 11.1. The lowest BCUT2D eigenvalue weighted by Gasteiger charge is -2.08. The summed E-state index contributed by atoms with van der Waals surface area (Å²) in [5.41, 5.74) is 0.191. The lowest BCUT2D eigenvalue weighted by Crippen LogP contribution is -2.15. The number of carbonyl (C=O) groups is 1. The van der Waals surface area contributed by atoms with E-state index in [0.29, 0.717) is 4.47 Å². The first-order valence-electron chi connectivity index (χ1n) is 5.63. The Morgan fingerprint density at radius 1 is 1.24 bits per heavy atom. The monoisotopic (exact) mass is 372 g/mol. The Morgan fingerprint density at radius 3 is 2.43 bits per heavy atom. The van der Waals surface area contributed by atoms with Crippen molar-refractivity contribution in [3.8, 4) is 11.8 Å². The number of methoxy groups -OCH3 is 2. The summed E-state index contributed by atoms with van der Waals surface area (Å²) in [4.78, 5) is 24.0. The highest BCUT2D eigenvalue weighted by Gasteiger charge is 2.15. The predicted octanol–water partition coefficient (Wildman–Crippen LogP) is 2.56. The van der Waals surface area contributed by atoms with Gasteiger partial charge in [0.15, 0.2) is 0 Å². The number of hydrogen-bond donors (Lipinski definition) is 1. The number of ether oxygens (including phenoxy) is 2. The Morgan fingerprint density at radius 2 is 1.86 bits per heavy atom. The van der Waals surface area contributed by atoms with E-state index in [4.69, 9.17) is 21.1 Å². The average molecular weight is 374 g/mol. The van der Waals surface area contributed by atoms with Crippen molar-refractivity contribution in [1.29, 1.82) is 0 Å². The number of anilines is 1. The first-order valence-corrected chi connectivity index (χ1v) is 6.80. The summed E-state index contributed by atoms with van der Waals surface area (Å²) in [5.74, 6) is 0.0579. The van der Waals surface area contributed by atoms with Crippen LogP contribution in [0.15, 0.2) is 22.8 Å². The molecule has 1 N–H and O–H groups in total. The maximum Gasteiger partial charge on any atom is 0.261 e. The molecule has 0 aliphatic carbocycles. The smallest absolute Gasteiger partial charge is 0.261 e. The van der Waals surface area contributed by atoms with Gasteiger partial charge in [-0.3, -0.25) is 10.1 Å². The van der Waals surface area contributed by atoms with Crippen molar-refractivity contribution >= 4 is 39.4 Å². The Labute approximate surface area is 133 Å². The van der Waals surface area contributed by atoms with Crippen molar-refractivity contribution in [3.63, 3.8) is 0 Å². The summed E-state index contributed by atoms with van der Waals surface area (Å²) in [5, 5.41) is 2.58. The number of halogens is 2. The molecular formula is C12H10BrClN4O3. The summed E-state index contributed by atoms with van der Waals surface area (Å²) in [6, 6.07) is 3.03. The topological polar surface area (TPSA) is 86.2 Å². The second-order valence-corrected chi connectivity index (χ2v) is 5.00. The van der Waals surface area contributed by atoms with Gasteiger partial charge in [0, 0.05) is 10.7 Å². The molecule has 2 aromatic rings. The third-order valence-electron chi connectivity index (χ3n) is 2.37. The molecule has 21 heavy (non-hydrogen) atoms. The summed E-state index contributed by atoms with van der Waals surface area (Å²) < 4.78 is 10.6. The fraction of sp³-hybridized carbons (Fsp3) is 0.167. The third-order valence-corrected chi connectivity index (χ3v) is 3.11. The van der Waals surface area contributed by atoms with Crippen LogP contribution in [0.1, 0.15) is 10.4 Å². The molecule has 2 aromatic heterocycles. The zero-order valence-corrected chi connectivity index (χ0v) is 13.4. The highest BCUT2D eigenvalue weighted by molar-refractivity contribution is 9.10. The van der Waals surface area contributed by atoms with E-state index in [0.717, 1.165) is 0 Å². The van der Waals surface area contributed by atoms with Gasteiger partial charge in [-0.15, -0.1) is 0 Å². The average Bonchev–Trinajstić information content (AvgIpc) is 2.49. The number of hydrogen-bond acceptors (Lipinski definition) is 6. The molecule has 0 saturated heterocycles. The van der Waals surface area contributed by atoms with E-state index in [-0.39, 0.29) is 28.4 Å². The molecule has 2 rings (SSSR count). The Balaban J connectivity index is 2.28. The van der Waals surface area contributed by atoms with Gasteiger partial charge < -0.3 is 9.47 Å². The van der Waals surface area contributed by atoms with Crippen LogP contribution in [0.25, 0.3) is 0 Å². The lowest BCUT2D eigenvalue weighted by atomic mass is 10.3. The minimum Gasteiger partial charge on any atom is -0.481 e. The summed E-state index contributed by atoms with van der Waals surface area (Å²) in [6.07, 6.45) is 1.49. The number of nitrogens with one attached hydrogen (secondary N) is 1. The number of amides is 1. The molecule has 0 radical (unpaired) electrons. The van der Waals surface area contributed by atoms with Crippen LogP contribution in [0.4, 0.5) is 5.95 Å². The van der Waals surface area contributed by atoms with Gasteiger partial charge in [-0.25, -0.2) is 4.98 Å². The number of rotatable bonds is 4. The minimum atomic E-state index is -0.496. The van der Waals surface area contributed by atoms with Gasteiger partial charge in [0.1, 0.15) is 5.15 Å². The van der Waals surface area contributed by atoms with Gasteiger partial charge in [-0.2, -0.15) is 9.97 Å². The molecule has 0 aliphatic heterocycles. The fourth-order valence-corrected chi connectivity index (χ4v) is 1.94. The first-order chi connectivity index (χ1) is 10.0. The van der Waals surface area contributed by atoms with Crippen molar-refractivity contribution in [3.05, 3.63) is 33.5 Å². The van der Waals surface area contributed by atoms with Crippen LogP contribution in [0.3, 0.4) is 0 Å². The highest BCUT2D eigenvalue weighted by Crippen LogP contribution is 2.21. The molecule has 9 heteroatoms. The molecule has 0 atom stereocenters. The van der Waals surface area contributed by atoms with Crippen LogP contribution < -0.4 is 14.8 Å². The van der Waals surface area contributed by atoms with Crippen molar-refractivity contribution in [2.75, 3.05) is 19.5 Å². The molecule has 7 nitrogen and oxygen atoms in total. The van der Waals surface area contributed by atoms with E-state index >= 15 is 0 Å². The van der Waals surface area contributed by atoms with Gasteiger partial charge >= 0.3 is 0 Å². The number of carbonyl (C=O) groups excluding carboxylic acids is 1. The highest BCUT2D eigenvalue weighted by atomic mass is 79.9. The van der Waals surface area contributed by atoms with Crippen molar-refractivity contribution in [1.82, 2.24) is 15.0 Å². The molecule has 0 fully saturated rings. The van der Waals surface area contributed by atoms with E-state index in [1.165, 1.54) is 26.5 Å². The van der Waals surface area contributed by atoms with Crippen molar-refractivity contribution in [2.45, 2.75) is 0 Å². The van der Waals surface area contributed by atoms with Crippen LogP contribution >= 0.6 is 27.5 Å². The van der Waals surface area contributed by atoms with E-state index in [1.54, 1.807) is 6.07 Å². The fourth-order valence-electron chi connectivity index (χ4n) is 1.42. The molecule has 0 aliphatic rings. The number of aromatic nitrogens is 3. The van der Waals surface area contributed by atoms with E-state index in [9.17, 15) is 4.79 Å². The molecule has 0 saturated carbocycles. The summed E-state index contributed by atoms with van der Waals surface area (Å²) >= 11 is 9.11. The number of pyridine rings is 1. The summed E-state index contributed by atoms with van der Waals surface area (Å²) in [6.45, 7) is 0. The quantitative estimate of drug-likeness (QED) is 0.829. The second-order valence-electron chi connectivity index (χ2n) is 3.72. The van der Waals surface area contributed by atoms with Crippen molar-refractivity contribution in [2.24, 2.45) is 0 Å². The summed E-state index contributed by atoms with van der Waals surface area (Å²) in [7, 11) is 2.89. The Bertz CT molecular complexity index is 661.